The van der Waals surface area contributed by atoms with E-state index in [1.807, 2.05) is 0 Å². The highest BCUT2D eigenvalue weighted by Crippen LogP contribution is 2.39. The van der Waals surface area contributed by atoms with Gasteiger partial charge in [-0.25, -0.2) is 0 Å². The Morgan fingerprint density at radius 3 is 2.82 bits per heavy atom. The van der Waals surface area contributed by atoms with Crippen molar-refractivity contribution in [3.8, 4) is 11.3 Å². The maximum Gasteiger partial charge on any atom is 0.0970 e. The summed E-state index contributed by atoms with van der Waals surface area (Å²) in [6, 6.07) is 8.46. The number of aromatic nitrogens is 2. The van der Waals surface area contributed by atoms with Gasteiger partial charge in [0.15, 0.2) is 0 Å². The summed E-state index contributed by atoms with van der Waals surface area (Å²) in [5.74, 6) is 0. The molecule has 1 aromatic heterocycles. The van der Waals surface area contributed by atoms with Gasteiger partial charge in [0.05, 0.1) is 11.1 Å². The lowest BCUT2D eigenvalue weighted by atomic mass is 9.93. The summed E-state index contributed by atoms with van der Waals surface area (Å²) >= 11 is 6.41. The molecule has 0 fully saturated rings. The van der Waals surface area contributed by atoms with Crippen molar-refractivity contribution >= 4 is 11.6 Å². The average Bonchev–Trinajstić information content (AvgIpc) is 2.75. The van der Waals surface area contributed by atoms with Crippen LogP contribution in [0.1, 0.15) is 35.0 Å². The number of fused-ring (bicyclic) bond motifs is 1. The molecule has 0 radical (unpaired) electrons. The molecule has 2 aromatic rings. The Morgan fingerprint density at radius 2 is 2.06 bits per heavy atom. The summed E-state index contributed by atoms with van der Waals surface area (Å²) in [5.41, 5.74) is 5.87. The van der Waals surface area contributed by atoms with Gasteiger partial charge in [-0.05, 0) is 26.2 Å². The van der Waals surface area contributed by atoms with Crippen LogP contribution >= 0.6 is 11.6 Å². The van der Waals surface area contributed by atoms with Gasteiger partial charge in [-0.2, -0.15) is 5.10 Å². The SMILES string of the molecule is Cc1ccc(-c2n[nH]c3c2C(Cl)CCC3)cc1. The van der Waals surface area contributed by atoms with Crippen molar-refractivity contribution in [3.05, 3.63) is 41.1 Å². The second kappa shape index (κ2) is 4.19. The fourth-order valence-electron chi connectivity index (χ4n) is 2.45. The molecule has 0 saturated carbocycles. The Morgan fingerprint density at radius 1 is 1.29 bits per heavy atom. The second-order valence-electron chi connectivity index (χ2n) is 4.69. The Hall–Kier alpha value is -1.28. The molecule has 0 spiro atoms. The minimum atomic E-state index is 0.105. The molecule has 2 nitrogen and oxygen atoms in total. The van der Waals surface area contributed by atoms with Gasteiger partial charge in [-0.3, -0.25) is 5.10 Å². The zero-order valence-corrected chi connectivity index (χ0v) is 10.6. The minimum Gasteiger partial charge on any atom is -0.282 e. The van der Waals surface area contributed by atoms with Crippen LogP contribution in [0, 0.1) is 6.92 Å². The molecule has 1 unspecified atom stereocenters. The van der Waals surface area contributed by atoms with Gasteiger partial charge in [0.1, 0.15) is 0 Å². The molecule has 1 aliphatic carbocycles. The predicted molar refractivity (Wildman–Crippen MR) is 70.3 cm³/mol. The number of aromatic amines is 1. The first-order valence-corrected chi connectivity index (χ1v) is 6.47. The van der Waals surface area contributed by atoms with Crippen molar-refractivity contribution in [2.75, 3.05) is 0 Å². The summed E-state index contributed by atoms with van der Waals surface area (Å²) in [6.07, 6.45) is 3.26. The summed E-state index contributed by atoms with van der Waals surface area (Å²) in [6.45, 7) is 2.09. The number of alkyl halides is 1. The van der Waals surface area contributed by atoms with Gasteiger partial charge >= 0.3 is 0 Å². The zero-order valence-electron chi connectivity index (χ0n) is 9.83. The van der Waals surface area contributed by atoms with Gasteiger partial charge in [-0.1, -0.05) is 29.8 Å². The first kappa shape index (κ1) is 10.8. The first-order chi connectivity index (χ1) is 8.25. The van der Waals surface area contributed by atoms with Gasteiger partial charge in [0.25, 0.3) is 0 Å². The number of nitrogens with zero attached hydrogens (tertiary/aromatic N) is 1. The van der Waals surface area contributed by atoms with E-state index in [2.05, 4.69) is 41.4 Å². The third kappa shape index (κ3) is 1.87. The van der Waals surface area contributed by atoms with Crippen molar-refractivity contribution in [2.45, 2.75) is 31.6 Å². The number of nitrogens with one attached hydrogen (secondary N) is 1. The van der Waals surface area contributed by atoms with E-state index in [9.17, 15) is 0 Å². The number of rotatable bonds is 1. The largest absolute Gasteiger partial charge is 0.282 e. The molecule has 1 aliphatic rings. The van der Waals surface area contributed by atoms with Crippen LogP contribution in [0.25, 0.3) is 11.3 Å². The molecule has 88 valence electrons. The third-order valence-corrected chi connectivity index (χ3v) is 3.84. The molecular formula is C14H15ClN2. The molecule has 17 heavy (non-hydrogen) atoms. The van der Waals surface area contributed by atoms with E-state index < -0.39 is 0 Å². The summed E-state index contributed by atoms with van der Waals surface area (Å²) in [5, 5.41) is 7.68. The maximum absolute atomic E-state index is 6.41. The number of aryl methyl sites for hydroxylation is 2. The van der Waals surface area contributed by atoms with Gasteiger partial charge in [0.2, 0.25) is 0 Å². The molecule has 0 saturated heterocycles. The topological polar surface area (TPSA) is 28.7 Å². The quantitative estimate of drug-likeness (QED) is 0.757. The van der Waals surface area contributed by atoms with E-state index >= 15 is 0 Å². The van der Waals surface area contributed by atoms with Crippen LogP contribution in [-0.4, -0.2) is 10.2 Å². The van der Waals surface area contributed by atoms with Gasteiger partial charge < -0.3 is 0 Å². The first-order valence-electron chi connectivity index (χ1n) is 6.04. The average molecular weight is 247 g/mol. The van der Waals surface area contributed by atoms with Crippen LogP contribution in [0.3, 0.4) is 0 Å². The minimum absolute atomic E-state index is 0.105. The maximum atomic E-state index is 6.41. The summed E-state index contributed by atoms with van der Waals surface area (Å²) < 4.78 is 0. The standard InChI is InChI=1S/C14H15ClN2/c1-9-5-7-10(8-6-9)14-13-11(15)3-2-4-12(13)16-17-14/h5-8,11H,2-4H2,1H3,(H,16,17). The molecule has 3 rings (SSSR count). The molecule has 3 heteroatoms. The van der Waals surface area contributed by atoms with Crippen molar-refractivity contribution in [1.29, 1.82) is 0 Å². The molecule has 1 N–H and O–H groups in total. The van der Waals surface area contributed by atoms with E-state index in [0.29, 0.717) is 0 Å². The van der Waals surface area contributed by atoms with Crippen LogP contribution in [0.4, 0.5) is 0 Å². The van der Waals surface area contributed by atoms with Crippen molar-refractivity contribution in [3.63, 3.8) is 0 Å². The van der Waals surface area contributed by atoms with E-state index in [-0.39, 0.29) is 5.38 Å². The number of H-pyrrole nitrogens is 1. The lowest BCUT2D eigenvalue weighted by Crippen LogP contribution is -2.04. The zero-order chi connectivity index (χ0) is 11.8. The van der Waals surface area contributed by atoms with E-state index in [0.717, 1.165) is 30.5 Å². The van der Waals surface area contributed by atoms with Crippen molar-refractivity contribution in [1.82, 2.24) is 10.2 Å². The molecule has 0 aliphatic heterocycles. The van der Waals surface area contributed by atoms with Crippen LogP contribution in [-0.2, 0) is 6.42 Å². The summed E-state index contributed by atoms with van der Waals surface area (Å²) in [7, 11) is 0. The van der Waals surface area contributed by atoms with Crippen molar-refractivity contribution in [2.24, 2.45) is 0 Å². The highest BCUT2D eigenvalue weighted by Gasteiger charge is 2.24. The monoisotopic (exact) mass is 246 g/mol. The molecule has 0 bridgehead atoms. The predicted octanol–water partition coefficient (Wildman–Crippen LogP) is 4.00. The molecule has 1 aromatic carbocycles. The Kier molecular flexibility index (Phi) is 2.67. The van der Waals surface area contributed by atoms with Gasteiger partial charge in [0, 0.05) is 16.8 Å². The molecule has 0 amide bonds. The second-order valence-corrected chi connectivity index (χ2v) is 5.22. The highest BCUT2D eigenvalue weighted by atomic mass is 35.5. The fraction of sp³-hybridized carbons (Fsp3) is 0.357. The lowest BCUT2D eigenvalue weighted by Gasteiger charge is -2.17. The normalized spacial score (nSPS) is 19.1. The van der Waals surface area contributed by atoms with Crippen LogP contribution in [0.5, 0.6) is 0 Å². The number of hydrogen-bond donors (Lipinski definition) is 1. The van der Waals surface area contributed by atoms with Crippen LogP contribution in [0.2, 0.25) is 0 Å². The number of benzene rings is 1. The Bertz CT molecular complexity index is 528. The van der Waals surface area contributed by atoms with Crippen molar-refractivity contribution < 1.29 is 0 Å². The van der Waals surface area contributed by atoms with Crippen LogP contribution < -0.4 is 0 Å². The molecule has 1 heterocycles. The lowest BCUT2D eigenvalue weighted by molar-refractivity contribution is 0.658. The molecule has 1 atom stereocenters. The third-order valence-electron chi connectivity index (χ3n) is 3.41. The smallest absolute Gasteiger partial charge is 0.0970 e. The van der Waals surface area contributed by atoms with Gasteiger partial charge in [-0.15, -0.1) is 11.6 Å². The Labute approximate surface area is 106 Å². The number of halogens is 1. The Balaban J connectivity index is 2.09. The van der Waals surface area contributed by atoms with E-state index in [4.69, 9.17) is 11.6 Å². The summed E-state index contributed by atoms with van der Waals surface area (Å²) in [4.78, 5) is 0. The van der Waals surface area contributed by atoms with E-state index in [1.54, 1.807) is 0 Å². The number of hydrogen-bond acceptors (Lipinski definition) is 1. The van der Waals surface area contributed by atoms with E-state index in [1.165, 1.54) is 16.8 Å². The molecular weight excluding hydrogens is 232 g/mol. The van der Waals surface area contributed by atoms with Crippen LogP contribution in [0.15, 0.2) is 24.3 Å². The fourth-order valence-corrected chi connectivity index (χ4v) is 2.84. The highest BCUT2D eigenvalue weighted by molar-refractivity contribution is 6.21.